The van der Waals surface area contributed by atoms with Crippen LogP contribution in [0.2, 0.25) is 0 Å². The number of nitrogens with zero attached hydrogens (tertiary/aromatic N) is 3. The van der Waals surface area contributed by atoms with Crippen LogP contribution in [0.3, 0.4) is 0 Å². The molecule has 3 heterocycles. The monoisotopic (exact) mass is 329 g/mol. The lowest BCUT2D eigenvalue weighted by atomic mass is 9.89. The van der Waals surface area contributed by atoms with Crippen molar-refractivity contribution in [3.63, 3.8) is 0 Å². The van der Waals surface area contributed by atoms with Crippen LogP contribution in [0, 0.1) is 0 Å². The molecule has 0 N–H and O–H groups in total. The Balaban J connectivity index is 1.67. The highest BCUT2D eigenvalue weighted by Crippen LogP contribution is 2.50. The number of rotatable bonds is 2. The summed E-state index contributed by atoms with van der Waals surface area (Å²) in [6.07, 6.45) is 0.866. The zero-order chi connectivity index (χ0) is 16.8. The van der Waals surface area contributed by atoms with Crippen molar-refractivity contribution in [2.75, 3.05) is 42.6 Å². The summed E-state index contributed by atoms with van der Waals surface area (Å²) in [6, 6.07) is 7.73. The molecule has 1 aromatic carbocycles. The van der Waals surface area contributed by atoms with E-state index in [-0.39, 0.29) is 6.09 Å². The molecule has 0 radical (unpaired) electrons. The lowest BCUT2D eigenvalue weighted by Gasteiger charge is -2.43. The van der Waals surface area contributed by atoms with Gasteiger partial charge in [-0.15, -0.1) is 0 Å². The van der Waals surface area contributed by atoms with Gasteiger partial charge in [-0.1, -0.05) is 12.1 Å². The topological polar surface area (TPSA) is 36.0 Å². The summed E-state index contributed by atoms with van der Waals surface area (Å²) >= 11 is 0. The summed E-state index contributed by atoms with van der Waals surface area (Å²) in [6.45, 7) is 10.6. The molecule has 5 nitrogen and oxygen atoms in total. The summed E-state index contributed by atoms with van der Waals surface area (Å²) in [5.74, 6) is 0.408. The second kappa shape index (κ2) is 5.87. The van der Waals surface area contributed by atoms with E-state index in [0.29, 0.717) is 24.6 Å². The van der Waals surface area contributed by atoms with Crippen molar-refractivity contribution in [1.82, 2.24) is 4.90 Å². The fraction of sp³-hybridized carbons (Fsp3) is 0.632. The molecular weight excluding hydrogens is 302 g/mol. The van der Waals surface area contributed by atoms with Gasteiger partial charge in [-0.3, -0.25) is 0 Å². The molecule has 1 saturated heterocycles. The van der Waals surface area contributed by atoms with E-state index in [2.05, 4.69) is 41.8 Å². The standard InChI is InChI=1S/C19H27N3O2/c1-4-24-19(23)20-9-8-16-15(12-20)14-6-5-7-17-18(14)22(16)11-10-21(17)13(2)3/h5-7,13,15-16H,4,8-12H2,1-3H3. The number of carbonyl (C=O) groups is 1. The van der Waals surface area contributed by atoms with Crippen molar-refractivity contribution in [3.8, 4) is 0 Å². The number of hydrogen-bond acceptors (Lipinski definition) is 4. The van der Waals surface area contributed by atoms with E-state index < -0.39 is 0 Å². The quantitative estimate of drug-likeness (QED) is 0.835. The van der Waals surface area contributed by atoms with Gasteiger partial charge in [-0.05, 0) is 38.8 Å². The van der Waals surface area contributed by atoms with E-state index >= 15 is 0 Å². The van der Waals surface area contributed by atoms with Gasteiger partial charge in [0.15, 0.2) is 0 Å². The lowest BCUT2D eigenvalue weighted by Crippen LogP contribution is -2.51. The zero-order valence-corrected chi connectivity index (χ0v) is 14.9. The molecule has 5 heteroatoms. The number of piperidine rings is 1. The maximum atomic E-state index is 12.2. The number of benzene rings is 1. The Hall–Kier alpha value is -1.91. The summed E-state index contributed by atoms with van der Waals surface area (Å²) in [5, 5.41) is 0. The molecule has 1 aromatic rings. The van der Waals surface area contributed by atoms with Crippen molar-refractivity contribution in [2.45, 2.75) is 45.2 Å². The van der Waals surface area contributed by atoms with Crippen molar-refractivity contribution in [1.29, 1.82) is 0 Å². The maximum Gasteiger partial charge on any atom is 0.409 e. The van der Waals surface area contributed by atoms with Gasteiger partial charge in [0, 0.05) is 44.2 Å². The molecule has 0 aromatic heterocycles. The minimum Gasteiger partial charge on any atom is -0.450 e. The van der Waals surface area contributed by atoms with Crippen LogP contribution in [0.4, 0.5) is 16.2 Å². The number of amides is 1. The first-order chi connectivity index (χ1) is 11.6. The molecular formula is C19H27N3O2. The van der Waals surface area contributed by atoms with Crippen molar-refractivity contribution >= 4 is 17.5 Å². The number of anilines is 2. The first-order valence-electron chi connectivity index (χ1n) is 9.19. The summed E-state index contributed by atoms with van der Waals surface area (Å²) in [7, 11) is 0. The zero-order valence-electron chi connectivity index (χ0n) is 14.9. The average molecular weight is 329 g/mol. The third-order valence-electron chi connectivity index (χ3n) is 5.75. The summed E-state index contributed by atoms with van der Waals surface area (Å²) < 4.78 is 5.22. The number of likely N-dealkylation sites (tertiary alicyclic amines) is 1. The molecule has 130 valence electrons. The predicted octanol–water partition coefficient (Wildman–Crippen LogP) is 3.05. The Morgan fingerprint density at radius 3 is 2.88 bits per heavy atom. The SMILES string of the molecule is CCOC(=O)N1CCC2C(C1)c1cccc3c1N2CCN3C(C)C. The minimum atomic E-state index is -0.161. The van der Waals surface area contributed by atoms with E-state index in [4.69, 9.17) is 4.74 Å². The van der Waals surface area contributed by atoms with Crippen LogP contribution in [0.5, 0.6) is 0 Å². The molecule has 1 fully saturated rings. The van der Waals surface area contributed by atoms with Crippen molar-refractivity contribution in [2.24, 2.45) is 0 Å². The fourth-order valence-corrected chi connectivity index (χ4v) is 4.71. The van der Waals surface area contributed by atoms with Crippen molar-refractivity contribution < 1.29 is 9.53 Å². The first-order valence-corrected chi connectivity index (χ1v) is 9.19. The van der Waals surface area contributed by atoms with E-state index in [9.17, 15) is 4.79 Å². The Bertz CT molecular complexity index is 645. The van der Waals surface area contributed by atoms with Crippen LogP contribution in [0.1, 0.15) is 38.7 Å². The molecule has 24 heavy (non-hydrogen) atoms. The van der Waals surface area contributed by atoms with Gasteiger partial charge in [0.05, 0.1) is 18.0 Å². The second-order valence-electron chi connectivity index (χ2n) is 7.30. The number of fused-ring (bicyclic) bond motifs is 3. The van der Waals surface area contributed by atoms with Gasteiger partial charge < -0.3 is 19.4 Å². The highest BCUT2D eigenvalue weighted by Gasteiger charge is 2.46. The van der Waals surface area contributed by atoms with Gasteiger partial charge in [-0.25, -0.2) is 4.79 Å². The lowest BCUT2D eigenvalue weighted by molar-refractivity contribution is 0.0934. The molecule has 0 saturated carbocycles. The Labute approximate surface area is 144 Å². The molecule has 0 spiro atoms. The maximum absolute atomic E-state index is 12.2. The Morgan fingerprint density at radius 2 is 2.12 bits per heavy atom. The van der Waals surface area contributed by atoms with Crippen LogP contribution in [-0.4, -0.2) is 55.9 Å². The van der Waals surface area contributed by atoms with Crippen LogP contribution < -0.4 is 9.80 Å². The van der Waals surface area contributed by atoms with Gasteiger partial charge in [-0.2, -0.15) is 0 Å². The van der Waals surface area contributed by atoms with Crippen LogP contribution >= 0.6 is 0 Å². The number of ether oxygens (including phenoxy) is 1. The normalized spacial score (nSPS) is 24.9. The van der Waals surface area contributed by atoms with Crippen LogP contribution in [-0.2, 0) is 4.74 Å². The largest absolute Gasteiger partial charge is 0.450 e. The summed E-state index contributed by atoms with van der Waals surface area (Å²) in [4.78, 5) is 19.2. The first kappa shape index (κ1) is 15.6. The second-order valence-corrected chi connectivity index (χ2v) is 7.30. The van der Waals surface area contributed by atoms with E-state index in [1.54, 1.807) is 0 Å². The smallest absolute Gasteiger partial charge is 0.409 e. The molecule has 0 aliphatic carbocycles. The van der Waals surface area contributed by atoms with Crippen LogP contribution in [0.15, 0.2) is 18.2 Å². The van der Waals surface area contributed by atoms with Gasteiger partial charge >= 0.3 is 6.09 Å². The Morgan fingerprint density at radius 1 is 1.29 bits per heavy atom. The third-order valence-corrected chi connectivity index (χ3v) is 5.75. The highest BCUT2D eigenvalue weighted by molar-refractivity contribution is 5.81. The van der Waals surface area contributed by atoms with Gasteiger partial charge in [0.1, 0.15) is 0 Å². The number of hydrogen-bond donors (Lipinski definition) is 0. The minimum absolute atomic E-state index is 0.161. The number of carbonyl (C=O) groups excluding carboxylic acids is 1. The molecule has 4 rings (SSSR count). The number of para-hydroxylation sites is 1. The molecule has 0 bridgehead atoms. The van der Waals surface area contributed by atoms with E-state index in [1.165, 1.54) is 16.9 Å². The molecule has 1 amide bonds. The fourth-order valence-electron chi connectivity index (χ4n) is 4.71. The van der Waals surface area contributed by atoms with Crippen LogP contribution in [0.25, 0.3) is 0 Å². The van der Waals surface area contributed by atoms with E-state index in [0.717, 1.165) is 32.6 Å². The van der Waals surface area contributed by atoms with Gasteiger partial charge in [0.2, 0.25) is 0 Å². The molecule has 3 aliphatic heterocycles. The van der Waals surface area contributed by atoms with Gasteiger partial charge in [0.25, 0.3) is 0 Å². The average Bonchev–Trinajstić information content (AvgIpc) is 2.91. The molecule has 2 unspecified atom stereocenters. The Kier molecular flexibility index (Phi) is 3.82. The van der Waals surface area contributed by atoms with E-state index in [1.807, 2.05) is 11.8 Å². The third kappa shape index (κ3) is 2.25. The summed E-state index contributed by atoms with van der Waals surface area (Å²) in [5.41, 5.74) is 4.20. The van der Waals surface area contributed by atoms with Crippen molar-refractivity contribution in [3.05, 3.63) is 23.8 Å². The molecule has 2 atom stereocenters. The highest BCUT2D eigenvalue weighted by atomic mass is 16.6. The molecule has 3 aliphatic rings. The predicted molar refractivity (Wildman–Crippen MR) is 96.0 cm³/mol.